The van der Waals surface area contributed by atoms with E-state index in [2.05, 4.69) is 21.2 Å². The van der Waals surface area contributed by atoms with Gasteiger partial charge in [0.15, 0.2) is 0 Å². The first kappa shape index (κ1) is 14.8. The Labute approximate surface area is 127 Å². The van der Waals surface area contributed by atoms with Crippen LogP contribution in [0.3, 0.4) is 0 Å². The molecule has 104 valence electrons. The molecule has 0 aliphatic rings. The molecule has 0 spiro atoms. The van der Waals surface area contributed by atoms with E-state index in [4.69, 9.17) is 4.74 Å². The van der Waals surface area contributed by atoms with Gasteiger partial charge in [-0.25, -0.2) is 0 Å². The van der Waals surface area contributed by atoms with Crippen molar-refractivity contribution >= 4 is 21.8 Å². The summed E-state index contributed by atoms with van der Waals surface area (Å²) in [5, 5.41) is 2.91. The molecule has 0 unspecified atom stereocenters. The molecule has 2 aromatic rings. The zero-order valence-electron chi connectivity index (χ0n) is 11.2. The summed E-state index contributed by atoms with van der Waals surface area (Å²) in [5.41, 5.74) is 2.81. The minimum atomic E-state index is -0.0744. The van der Waals surface area contributed by atoms with Crippen molar-refractivity contribution in [3.63, 3.8) is 0 Å². The highest BCUT2D eigenvalue weighted by atomic mass is 79.9. The van der Waals surface area contributed by atoms with E-state index in [1.807, 2.05) is 36.4 Å². The molecule has 3 nitrogen and oxygen atoms in total. The lowest BCUT2D eigenvalue weighted by Gasteiger charge is -2.07. The van der Waals surface area contributed by atoms with E-state index in [1.165, 1.54) is 0 Å². The van der Waals surface area contributed by atoms with Crippen molar-refractivity contribution < 1.29 is 9.53 Å². The van der Waals surface area contributed by atoms with Gasteiger partial charge in [-0.05, 0) is 35.4 Å². The number of ether oxygens (including phenoxy) is 1. The number of halogens is 1. The molecule has 0 atom stereocenters. The Hall–Kier alpha value is -1.65. The molecule has 0 radical (unpaired) electrons. The van der Waals surface area contributed by atoms with Crippen molar-refractivity contribution in [3.05, 3.63) is 69.7 Å². The second-order valence-corrected chi connectivity index (χ2v) is 5.36. The monoisotopic (exact) mass is 333 g/mol. The predicted molar refractivity (Wildman–Crippen MR) is 82.5 cm³/mol. The summed E-state index contributed by atoms with van der Waals surface area (Å²) in [5.74, 6) is -0.0744. The third kappa shape index (κ3) is 4.18. The van der Waals surface area contributed by atoms with E-state index in [9.17, 15) is 4.79 Å². The van der Waals surface area contributed by atoms with Crippen LogP contribution in [-0.2, 0) is 17.9 Å². The Bertz CT molecular complexity index is 581. The van der Waals surface area contributed by atoms with Crippen LogP contribution in [0.1, 0.15) is 21.5 Å². The normalized spacial score (nSPS) is 10.3. The Morgan fingerprint density at radius 3 is 2.55 bits per heavy atom. The first-order chi connectivity index (χ1) is 9.69. The number of nitrogens with one attached hydrogen (secondary N) is 1. The van der Waals surface area contributed by atoms with E-state index >= 15 is 0 Å². The Kier molecular flexibility index (Phi) is 5.32. The van der Waals surface area contributed by atoms with Crippen molar-refractivity contribution in [1.29, 1.82) is 0 Å². The zero-order valence-corrected chi connectivity index (χ0v) is 12.8. The van der Waals surface area contributed by atoms with Gasteiger partial charge < -0.3 is 10.1 Å². The average molecular weight is 334 g/mol. The van der Waals surface area contributed by atoms with Crippen LogP contribution in [0.4, 0.5) is 0 Å². The van der Waals surface area contributed by atoms with Gasteiger partial charge in [0.05, 0.1) is 6.61 Å². The molecule has 1 amide bonds. The third-order valence-corrected chi connectivity index (χ3v) is 3.39. The van der Waals surface area contributed by atoms with E-state index < -0.39 is 0 Å². The van der Waals surface area contributed by atoms with Gasteiger partial charge >= 0.3 is 0 Å². The van der Waals surface area contributed by atoms with Gasteiger partial charge in [-0.2, -0.15) is 0 Å². The maximum Gasteiger partial charge on any atom is 0.251 e. The Balaban J connectivity index is 1.96. The number of benzene rings is 2. The molecule has 0 saturated heterocycles. The minimum Gasteiger partial charge on any atom is -0.380 e. The van der Waals surface area contributed by atoms with Gasteiger partial charge in [-0.3, -0.25) is 4.79 Å². The zero-order chi connectivity index (χ0) is 14.4. The highest BCUT2D eigenvalue weighted by Gasteiger charge is 2.05. The lowest BCUT2D eigenvalue weighted by molar-refractivity contribution is 0.0951. The van der Waals surface area contributed by atoms with Crippen LogP contribution in [0.2, 0.25) is 0 Å². The average Bonchev–Trinajstić information content (AvgIpc) is 2.46. The number of hydrogen-bond donors (Lipinski definition) is 1. The SMILES string of the molecule is COCc1cccc(CNC(=O)c2ccc(Br)cc2)c1. The second kappa shape index (κ2) is 7.22. The quantitative estimate of drug-likeness (QED) is 0.908. The molecule has 0 aromatic heterocycles. The molecular weight excluding hydrogens is 318 g/mol. The summed E-state index contributed by atoms with van der Waals surface area (Å²) < 4.78 is 6.06. The summed E-state index contributed by atoms with van der Waals surface area (Å²) in [6.45, 7) is 1.08. The fraction of sp³-hybridized carbons (Fsp3) is 0.188. The van der Waals surface area contributed by atoms with E-state index in [0.29, 0.717) is 18.7 Å². The molecule has 20 heavy (non-hydrogen) atoms. The number of carbonyl (C=O) groups excluding carboxylic acids is 1. The highest BCUT2D eigenvalue weighted by molar-refractivity contribution is 9.10. The summed E-state index contributed by atoms with van der Waals surface area (Å²) in [4.78, 5) is 12.0. The summed E-state index contributed by atoms with van der Waals surface area (Å²) in [6.07, 6.45) is 0. The number of amides is 1. The molecule has 1 N–H and O–H groups in total. The molecule has 0 aliphatic carbocycles. The second-order valence-electron chi connectivity index (χ2n) is 4.44. The van der Waals surface area contributed by atoms with Crippen molar-refractivity contribution in [3.8, 4) is 0 Å². The van der Waals surface area contributed by atoms with Crippen LogP contribution < -0.4 is 5.32 Å². The van der Waals surface area contributed by atoms with Gasteiger partial charge in [0.2, 0.25) is 0 Å². The fourth-order valence-electron chi connectivity index (χ4n) is 1.88. The van der Waals surface area contributed by atoms with Gasteiger partial charge in [0, 0.05) is 23.7 Å². The van der Waals surface area contributed by atoms with Gasteiger partial charge in [0.25, 0.3) is 5.91 Å². The molecule has 2 rings (SSSR count). The van der Waals surface area contributed by atoms with Crippen LogP contribution in [0.5, 0.6) is 0 Å². The molecule has 0 saturated carbocycles. The predicted octanol–water partition coefficient (Wildman–Crippen LogP) is 3.53. The molecule has 0 bridgehead atoms. The number of hydrogen-bond acceptors (Lipinski definition) is 2. The number of carbonyl (C=O) groups is 1. The van der Waals surface area contributed by atoms with Crippen LogP contribution in [0, 0.1) is 0 Å². The third-order valence-electron chi connectivity index (χ3n) is 2.86. The summed E-state index contributed by atoms with van der Waals surface area (Å²) in [7, 11) is 1.67. The van der Waals surface area contributed by atoms with Crippen molar-refractivity contribution in [2.45, 2.75) is 13.2 Å². The van der Waals surface area contributed by atoms with Crippen LogP contribution in [-0.4, -0.2) is 13.0 Å². The number of methoxy groups -OCH3 is 1. The first-order valence-electron chi connectivity index (χ1n) is 6.29. The topological polar surface area (TPSA) is 38.3 Å². The maximum absolute atomic E-state index is 12.0. The van der Waals surface area contributed by atoms with E-state index in [-0.39, 0.29) is 5.91 Å². The van der Waals surface area contributed by atoms with Crippen LogP contribution >= 0.6 is 15.9 Å². The Morgan fingerprint density at radius 2 is 1.85 bits per heavy atom. The lowest BCUT2D eigenvalue weighted by Crippen LogP contribution is -2.22. The van der Waals surface area contributed by atoms with Crippen molar-refractivity contribution in [2.24, 2.45) is 0 Å². The van der Waals surface area contributed by atoms with Crippen molar-refractivity contribution in [1.82, 2.24) is 5.32 Å². The standard InChI is InChI=1S/C16H16BrNO2/c1-20-11-13-4-2-3-12(9-13)10-18-16(19)14-5-7-15(17)8-6-14/h2-9H,10-11H2,1H3,(H,18,19). The Morgan fingerprint density at radius 1 is 1.15 bits per heavy atom. The molecule has 2 aromatic carbocycles. The maximum atomic E-state index is 12.0. The van der Waals surface area contributed by atoms with Crippen LogP contribution in [0.15, 0.2) is 53.0 Å². The first-order valence-corrected chi connectivity index (χ1v) is 7.09. The molecule has 0 aliphatic heterocycles. The molecular formula is C16H16BrNO2. The van der Waals surface area contributed by atoms with Crippen LogP contribution in [0.25, 0.3) is 0 Å². The highest BCUT2D eigenvalue weighted by Crippen LogP contribution is 2.11. The summed E-state index contributed by atoms with van der Waals surface area (Å²) in [6, 6.07) is 15.3. The lowest BCUT2D eigenvalue weighted by atomic mass is 10.1. The largest absolute Gasteiger partial charge is 0.380 e. The molecule has 0 heterocycles. The fourth-order valence-corrected chi connectivity index (χ4v) is 2.15. The smallest absolute Gasteiger partial charge is 0.251 e. The van der Waals surface area contributed by atoms with Crippen molar-refractivity contribution in [2.75, 3.05) is 7.11 Å². The summed E-state index contributed by atoms with van der Waals surface area (Å²) >= 11 is 3.35. The number of rotatable bonds is 5. The van der Waals surface area contributed by atoms with E-state index in [0.717, 1.165) is 15.6 Å². The van der Waals surface area contributed by atoms with Gasteiger partial charge in [-0.15, -0.1) is 0 Å². The van der Waals surface area contributed by atoms with Gasteiger partial charge in [-0.1, -0.05) is 40.2 Å². The molecule has 0 fully saturated rings. The van der Waals surface area contributed by atoms with E-state index in [1.54, 1.807) is 19.2 Å². The molecule has 4 heteroatoms. The van der Waals surface area contributed by atoms with Gasteiger partial charge in [0.1, 0.15) is 0 Å². The minimum absolute atomic E-state index is 0.0744.